The number of aliphatic imine (C=N–C) groups is 1. The van der Waals surface area contributed by atoms with Crippen LogP contribution in [0.2, 0.25) is 0 Å². The largest absolute Gasteiger partial charge is 0.497 e. The molecule has 0 N–H and O–H groups in total. The van der Waals surface area contributed by atoms with Crippen molar-refractivity contribution in [3.63, 3.8) is 0 Å². The van der Waals surface area contributed by atoms with Crippen molar-refractivity contribution in [2.75, 3.05) is 20.0 Å². The first kappa shape index (κ1) is 12.0. The van der Waals surface area contributed by atoms with Crippen LogP contribution in [0.25, 0.3) is 0 Å². The van der Waals surface area contributed by atoms with Crippen LogP contribution in [-0.2, 0) is 9.53 Å². The number of carbonyl (C=O) groups is 1. The Morgan fingerprint density at radius 2 is 2.06 bits per heavy atom. The highest BCUT2D eigenvalue weighted by Crippen LogP contribution is 2.25. The number of methoxy groups -OCH3 is 2. The van der Waals surface area contributed by atoms with Gasteiger partial charge in [-0.1, -0.05) is 0 Å². The number of esters is 1. The second-order valence-corrected chi connectivity index (χ2v) is 4.52. The van der Waals surface area contributed by atoms with Crippen molar-refractivity contribution >= 4 is 22.8 Å². The Bertz CT molecular complexity index is 442. The molecule has 5 heteroatoms. The number of carbonyl (C=O) groups excluding carboxylic acids is 1. The molecule has 1 atom stereocenters. The molecule has 0 unspecified atom stereocenters. The van der Waals surface area contributed by atoms with Gasteiger partial charge in [-0.25, -0.2) is 4.79 Å². The van der Waals surface area contributed by atoms with E-state index in [-0.39, 0.29) is 12.0 Å². The lowest BCUT2D eigenvalue weighted by molar-refractivity contribution is -0.141. The molecule has 0 aromatic heterocycles. The molecule has 2 rings (SSSR count). The fourth-order valence-electron chi connectivity index (χ4n) is 1.52. The third-order valence-electron chi connectivity index (χ3n) is 2.46. The molecule has 90 valence electrons. The summed E-state index contributed by atoms with van der Waals surface area (Å²) in [7, 11) is 3.01. The molecule has 0 bridgehead atoms. The van der Waals surface area contributed by atoms with Gasteiger partial charge in [-0.15, -0.1) is 11.8 Å². The number of nitrogens with zero attached hydrogens (tertiary/aromatic N) is 1. The monoisotopic (exact) mass is 251 g/mol. The van der Waals surface area contributed by atoms with Gasteiger partial charge in [-0.05, 0) is 24.3 Å². The zero-order valence-electron chi connectivity index (χ0n) is 9.67. The van der Waals surface area contributed by atoms with E-state index in [0.717, 1.165) is 16.4 Å². The smallest absolute Gasteiger partial charge is 0.331 e. The summed E-state index contributed by atoms with van der Waals surface area (Å²) >= 11 is 1.57. The lowest BCUT2D eigenvalue weighted by Crippen LogP contribution is -2.19. The summed E-state index contributed by atoms with van der Waals surface area (Å²) in [5.41, 5.74) is 1.00. The predicted octanol–water partition coefficient (Wildman–Crippen LogP) is 1.73. The molecule has 1 aromatic carbocycles. The zero-order valence-corrected chi connectivity index (χ0v) is 10.5. The summed E-state index contributed by atoms with van der Waals surface area (Å²) in [6.45, 7) is 0. The second kappa shape index (κ2) is 5.23. The first-order valence-corrected chi connectivity index (χ1v) is 6.16. The molecule has 4 nitrogen and oxygen atoms in total. The highest BCUT2D eigenvalue weighted by atomic mass is 32.2. The normalized spacial score (nSPS) is 18.7. The van der Waals surface area contributed by atoms with E-state index >= 15 is 0 Å². The number of ether oxygens (including phenoxy) is 2. The second-order valence-electron chi connectivity index (χ2n) is 3.51. The van der Waals surface area contributed by atoms with Gasteiger partial charge < -0.3 is 9.47 Å². The van der Waals surface area contributed by atoms with Crippen LogP contribution in [0.3, 0.4) is 0 Å². The maximum absolute atomic E-state index is 11.3. The highest BCUT2D eigenvalue weighted by molar-refractivity contribution is 8.14. The highest BCUT2D eigenvalue weighted by Gasteiger charge is 2.26. The third kappa shape index (κ3) is 2.61. The molecule has 1 aliphatic heterocycles. The summed E-state index contributed by atoms with van der Waals surface area (Å²) in [4.78, 5) is 15.7. The lowest BCUT2D eigenvalue weighted by atomic mass is 10.2. The SMILES string of the molecule is COC(=O)[C@@H]1CSC(c2ccc(OC)cc2)=N1. The maximum atomic E-state index is 11.3. The van der Waals surface area contributed by atoms with Gasteiger partial charge in [0.25, 0.3) is 0 Å². The van der Waals surface area contributed by atoms with E-state index in [1.807, 2.05) is 24.3 Å². The summed E-state index contributed by atoms with van der Waals surface area (Å²) in [5.74, 6) is 1.18. The molecule has 0 fully saturated rings. The van der Waals surface area contributed by atoms with Gasteiger partial charge in [0.1, 0.15) is 5.75 Å². The summed E-state index contributed by atoms with van der Waals surface area (Å²) < 4.78 is 9.76. The lowest BCUT2D eigenvalue weighted by Gasteiger charge is -2.02. The van der Waals surface area contributed by atoms with E-state index < -0.39 is 0 Å². The third-order valence-corrected chi connectivity index (χ3v) is 3.56. The fourth-order valence-corrected chi connectivity index (χ4v) is 2.55. The minimum Gasteiger partial charge on any atom is -0.497 e. The van der Waals surface area contributed by atoms with Crippen molar-refractivity contribution in [1.29, 1.82) is 0 Å². The van der Waals surface area contributed by atoms with E-state index in [1.54, 1.807) is 18.9 Å². The van der Waals surface area contributed by atoms with Gasteiger partial charge >= 0.3 is 5.97 Å². The van der Waals surface area contributed by atoms with Crippen LogP contribution >= 0.6 is 11.8 Å². The van der Waals surface area contributed by atoms with Crippen molar-refractivity contribution in [2.45, 2.75) is 6.04 Å². The van der Waals surface area contributed by atoms with Gasteiger partial charge in [0.15, 0.2) is 6.04 Å². The Morgan fingerprint density at radius 1 is 1.35 bits per heavy atom. The van der Waals surface area contributed by atoms with Crippen LogP contribution in [0, 0.1) is 0 Å². The van der Waals surface area contributed by atoms with Crippen LogP contribution in [0.4, 0.5) is 0 Å². The van der Waals surface area contributed by atoms with Crippen LogP contribution in [-0.4, -0.2) is 37.0 Å². The standard InChI is InChI=1S/C12H13NO3S/c1-15-9-5-3-8(4-6-9)11-13-10(7-17-11)12(14)16-2/h3-6,10H,7H2,1-2H3/t10-/m0/s1. The van der Waals surface area contributed by atoms with E-state index in [0.29, 0.717) is 5.75 Å². The number of rotatable bonds is 3. The van der Waals surface area contributed by atoms with Gasteiger partial charge in [-0.2, -0.15) is 0 Å². The van der Waals surface area contributed by atoms with Crippen LogP contribution < -0.4 is 4.74 Å². The number of hydrogen-bond donors (Lipinski definition) is 0. The molecule has 1 heterocycles. The maximum Gasteiger partial charge on any atom is 0.331 e. The van der Waals surface area contributed by atoms with Crippen molar-refractivity contribution in [2.24, 2.45) is 4.99 Å². The first-order chi connectivity index (χ1) is 8.24. The molecule has 0 saturated carbocycles. The fraction of sp³-hybridized carbons (Fsp3) is 0.333. The molecule has 0 amide bonds. The zero-order chi connectivity index (χ0) is 12.3. The Balaban J connectivity index is 2.15. The molecule has 1 aliphatic rings. The number of hydrogen-bond acceptors (Lipinski definition) is 5. The van der Waals surface area contributed by atoms with Gasteiger partial charge in [-0.3, -0.25) is 4.99 Å². The van der Waals surface area contributed by atoms with E-state index in [2.05, 4.69) is 9.73 Å². The Labute approximate surface area is 104 Å². The minimum absolute atomic E-state index is 0.277. The molecule has 17 heavy (non-hydrogen) atoms. The van der Waals surface area contributed by atoms with Crippen LogP contribution in [0.1, 0.15) is 5.56 Å². The van der Waals surface area contributed by atoms with Crippen molar-refractivity contribution in [1.82, 2.24) is 0 Å². The molecular formula is C12H13NO3S. The van der Waals surface area contributed by atoms with Crippen molar-refractivity contribution < 1.29 is 14.3 Å². The van der Waals surface area contributed by atoms with Crippen molar-refractivity contribution in [3.05, 3.63) is 29.8 Å². The summed E-state index contributed by atoms with van der Waals surface area (Å²) in [5, 5.41) is 0.878. The topological polar surface area (TPSA) is 47.9 Å². The van der Waals surface area contributed by atoms with E-state index in [9.17, 15) is 4.79 Å². The average Bonchev–Trinajstić information content (AvgIpc) is 2.87. The Morgan fingerprint density at radius 3 is 2.65 bits per heavy atom. The molecule has 0 saturated heterocycles. The molecule has 1 aromatic rings. The Kier molecular flexibility index (Phi) is 3.68. The number of thioether (sulfide) groups is 1. The summed E-state index contributed by atoms with van der Waals surface area (Å²) in [6.07, 6.45) is 0. The molecule has 0 aliphatic carbocycles. The minimum atomic E-state index is -0.373. The van der Waals surface area contributed by atoms with E-state index in [4.69, 9.17) is 4.74 Å². The van der Waals surface area contributed by atoms with Gasteiger partial charge in [0.2, 0.25) is 0 Å². The molecule has 0 spiro atoms. The number of benzene rings is 1. The van der Waals surface area contributed by atoms with Crippen molar-refractivity contribution in [3.8, 4) is 5.75 Å². The van der Waals surface area contributed by atoms with Gasteiger partial charge in [0, 0.05) is 11.3 Å². The Hall–Kier alpha value is -1.49. The predicted molar refractivity (Wildman–Crippen MR) is 67.8 cm³/mol. The average molecular weight is 251 g/mol. The first-order valence-electron chi connectivity index (χ1n) is 5.17. The van der Waals surface area contributed by atoms with Crippen LogP contribution in [0.5, 0.6) is 5.75 Å². The quantitative estimate of drug-likeness (QED) is 0.768. The molecular weight excluding hydrogens is 238 g/mol. The van der Waals surface area contributed by atoms with E-state index in [1.165, 1.54) is 7.11 Å². The van der Waals surface area contributed by atoms with Gasteiger partial charge in [0.05, 0.1) is 19.3 Å². The molecule has 0 radical (unpaired) electrons. The summed E-state index contributed by atoms with van der Waals surface area (Å²) in [6, 6.07) is 7.25. The van der Waals surface area contributed by atoms with Crippen LogP contribution in [0.15, 0.2) is 29.3 Å².